The van der Waals surface area contributed by atoms with Crippen LogP contribution in [0.2, 0.25) is 0 Å². The second-order valence-electron chi connectivity index (χ2n) is 18.8. The average molecular weight is 969 g/mol. The Morgan fingerprint density at radius 1 is 0.184 bits per heavy atom. The molecule has 0 saturated carbocycles. The third-order valence-electron chi connectivity index (χ3n) is 14.0. The Morgan fingerprint density at radius 2 is 0.447 bits per heavy atom. The van der Waals surface area contributed by atoms with Gasteiger partial charge in [-0.25, -0.2) is 9.97 Å². The Hall–Kier alpha value is -10.0. The van der Waals surface area contributed by atoms with Gasteiger partial charge in [-0.05, 0) is 101 Å². The highest BCUT2D eigenvalue weighted by molar-refractivity contribution is 6.07. The predicted molar refractivity (Wildman–Crippen MR) is 318 cm³/mol. The molecule has 1 aromatic heterocycles. The first kappa shape index (κ1) is 47.0. The van der Waals surface area contributed by atoms with Crippen LogP contribution in [0.15, 0.2) is 315 Å². The second kappa shape index (κ2) is 22.0. The lowest BCUT2D eigenvalue weighted by Crippen LogP contribution is -1.99. The molecule has 2 heteroatoms. The molecule has 2 nitrogen and oxygen atoms in total. The van der Waals surface area contributed by atoms with Crippen LogP contribution in [0.25, 0.3) is 78.4 Å². The summed E-state index contributed by atoms with van der Waals surface area (Å²) in [4.78, 5) is 10.4. The van der Waals surface area contributed by atoms with E-state index in [1.807, 2.05) is 12.1 Å². The van der Waals surface area contributed by atoms with Gasteiger partial charge in [0, 0.05) is 16.7 Å². The number of benzene rings is 11. The van der Waals surface area contributed by atoms with E-state index in [1.54, 1.807) is 0 Å². The largest absolute Gasteiger partial charge is 0.228 e. The van der Waals surface area contributed by atoms with Gasteiger partial charge in [-0.2, -0.15) is 0 Å². The van der Waals surface area contributed by atoms with Crippen LogP contribution in [0.1, 0.15) is 44.5 Å². The number of rotatable bonds is 13. The van der Waals surface area contributed by atoms with Crippen LogP contribution in [-0.2, 0) is 0 Å². The van der Waals surface area contributed by atoms with Crippen molar-refractivity contribution in [3.8, 4) is 56.2 Å². The fourth-order valence-corrected chi connectivity index (χ4v) is 10.3. The molecule has 11 aromatic carbocycles. The predicted octanol–water partition coefficient (Wildman–Crippen LogP) is 18.8. The Balaban J connectivity index is 1.05. The summed E-state index contributed by atoms with van der Waals surface area (Å²) in [6, 6.07) is 113. The number of nitrogens with zero attached hydrogens (tertiary/aromatic N) is 2. The van der Waals surface area contributed by atoms with Gasteiger partial charge < -0.3 is 0 Å². The minimum atomic E-state index is 0.675. The van der Waals surface area contributed by atoms with Gasteiger partial charge in [-0.3, -0.25) is 0 Å². The molecular formula is C74H52N2. The van der Waals surface area contributed by atoms with E-state index >= 15 is 0 Å². The van der Waals surface area contributed by atoms with Gasteiger partial charge in [0.05, 0.1) is 11.4 Å². The highest BCUT2D eigenvalue weighted by atomic mass is 14.9. The summed E-state index contributed by atoms with van der Waals surface area (Å²) in [5.41, 5.74) is 23.1. The smallest absolute Gasteiger partial charge is 0.160 e. The van der Waals surface area contributed by atoms with Crippen molar-refractivity contribution >= 4 is 22.3 Å². The van der Waals surface area contributed by atoms with Crippen molar-refractivity contribution in [2.24, 2.45) is 0 Å². The summed E-state index contributed by atoms with van der Waals surface area (Å²) in [6.45, 7) is 0. The summed E-state index contributed by atoms with van der Waals surface area (Å²) in [6.07, 6.45) is 0. The lowest BCUT2D eigenvalue weighted by molar-refractivity contribution is 1.18. The minimum absolute atomic E-state index is 0.675. The molecule has 12 aromatic rings. The van der Waals surface area contributed by atoms with Crippen molar-refractivity contribution in [3.63, 3.8) is 0 Å². The van der Waals surface area contributed by atoms with Crippen LogP contribution in [0.5, 0.6) is 0 Å². The van der Waals surface area contributed by atoms with Gasteiger partial charge in [0.2, 0.25) is 0 Å². The number of hydrogen-bond donors (Lipinski definition) is 0. The normalized spacial score (nSPS) is 10.9. The SMILES string of the molecule is c1ccc(C(=C(c2ccccc2)c2ccc(-c3ccc(C(=C(c4ccccc4)c4ccccc4)c4ccccc4)cc3-c3ccc(-c4nc(-c5ccccc5)cc(-c5ccccc5)n4)cc3)cc2)c2ccccc2)cc1. The van der Waals surface area contributed by atoms with Gasteiger partial charge in [-0.15, -0.1) is 0 Å². The molecule has 1 heterocycles. The molecule has 0 N–H and O–H groups in total. The van der Waals surface area contributed by atoms with E-state index in [0.29, 0.717) is 5.82 Å². The fourth-order valence-electron chi connectivity index (χ4n) is 10.3. The van der Waals surface area contributed by atoms with Crippen LogP contribution in [0.3, 0.4) is 0 Å². The summed E-state index contributed by atoms with van der Waals surface area (Å²) < 4.78 is 0. The van der Waals surface area contributed by atoms with E-state index in [-0.39, 0.29) is 0 Å². The molecule has 76 heavy (non-hydrogen) atoms. The molecule has 0 amide bonds. The van der Waals surface area contributed by atoms with E-state index in [0.717, 1.165) is 89.3 Å². The summed E-state index contributed by atoms with van der Waals surface area (Å²) >= 11 is 0. The van der Waals surface area contributed by atoms with E-state index in [1.165, 1.54) is 27.8 Å². The number of aromatic nitrogens is 2. The molecule has 0 unspecified atom stereocenters. The van der Waals surface area contributed by atoms with Crippen molar-refractivity contribution < 1.29 is 0 Å². The molecule has 0 aliphatic rings. The molecule has 0 radical (unpaired) electrons. The molecule has 0 aliphatic heterocycles. The first-order valence-electron chi connectivity index (χ1n) is 25.9. The molecule has 0 spiro atoms. The topological polar surface area (TPSA) is 25.8 Å². The summed E-state index contributed by atoms with van der Waals surface area (Å²) in [7, 11) is 0. The van der Waals surface area contributed by atoms with Crippen LogP contribution in [0, 0.1) is 0 Å². The maximum Gasteiger partial charge on any atom is 0.160 e. The highest BCUT2D eigenvalue weighted by Gasteiger charge is 2.21. The Bertz CT molecular complexity index is 3790. The monoisotopic (exact) mass is 968 g/mol. The molecule has 12 rings (SSSR count). The van der Waals surface area contributed by atoms with Crippen molar-refractivity contribution in [2.75, 3.05) is 0 Å². The minimum Gasteiger partial charge on any atom is -0.228 e. The Morgan fingerprint density at radius 3 is 0.803 bits per heavy atom. The van der Waals surface area contributed by atoms with Crippen molar-refractivity contribution in [3.05, 3.63) is 360 Å². The lowest BCUT2D eigenvalue weighted by Gasteiger charge is -2.21. The molecule has 0 saturated heterocycles. The van der Waals surface area contributed by atoms with Crippen molar-refractivity contribution in [1.82, 2.24) is 9.97 Å². The highest BCUT2D eigenvalue weighted by Crippen LogP contribution is 2.43. The van der Waals surface area contributed by atoms with Crippen LogP contribution >= 0.6 is 0 Å². The van der Waals surface area contributed by atoms with E-state index in [4.69, 9.17) is 9.97 Å². The summed E-state index contributed by atoms with van der Waals surface area (Å²) in [5.74, 6) is 0.675. The van der Waals surface area contributed by atoms with E-state index in [2.05, 4.69) is 303 Å². The third-order valence-corrected chi connectivity index (χ3v) is 14.0. The maximum atomic E-state index is 5.19. The quantitative estimate of drug-likeness (QED) is 0.108. The fraction of sp³-hybridized carbons (Fsp3) is 0. The Kier molecular flexibility index (Phi) is 13.6. The van der Waals surface area contributed by atoms with Gasteiger partial charge in [0.25, 0.3) is 0 Å². The molecule has 0 aliphatic carbocycles. The first-order valence-corrected chi connectivity index (χ1v) is 25.9. The average Bonchev–Trinajstić information content (AvgIpc) is 3.52. The van der Waals surface area contributed by atoms with Gasteiger partial charge >= 0.3 is 0 Å². The molecule has 0 bridgehead atoms. The molecular weight excluding hydrogens is 917 g/mol. The zero-order valence-corrected chi connectivity index (χ0v) is 41.9. The molecule has 358 valence electrons. The maximum absolute atomic E-state index is 5.19. The van der Waals surface area contributed by atoms with Crippen LogP contribution < -0.4 is 0 Å². The van der Waals surface area contributed by atoms with Gasteiger partial charge in [0.1, 0.15) is 0 Å². The Labute approximate surface area is 446 Å². The van der Waals surface area contributed by atoms with Gasteiger partial charge in [0.15, 0.2) is 5.82 Å². The summed E-state index contributed by atoms with van der Waals surface area (Å²) in [5, 5.41) is 0. The van der Waals surface area contributed by atoms with Crippen LogP contribution in [0.4, 0.5) is 0 Å². The first-order chi connectivity index (χ1) is 37.7. The van der Waals surface area contributed by atoms with Crippen molar-refractivity contribution in [1.29, 1.82) is 0 Å². The van der Waals surface area contributed by atoms with Crippen molar-refractivity contribution in [2.45, 2.75) is 0 Å². The zero-order chi connectivity index (χ0) is 50.9. The lowest BCUT2D eigenvalue weighted by atomic mass is 9.83. The van der Waals surface area contributed by atoms with E-state index < -0.39 is 0 Å². The molecule has 0 fully saturated rings. The third kappa shape index (κ3) is 10.0. The standard InChI is InChI=1S/C74H52N2/c1-9-25-55(26-10-1)68-52-69(56-27-11-2-12-28-56)76-74(75-68)64-47-43-54(44-48-64)67-51-65(73(62-39-23-8-24-40-62)71(59-33-17-5-18-34-59)60-35-19-6-20-36-60)49-50-66(67)53-41-45-63(46-42-53)72(61-37-21-7-22-38-61)70(57-29-13-3-14-30-57)58-31-15-4-16-32-58/h1-52H. The van der Waals surface area contributed by atoms with Gasteiger partial charge in [-0.1, -0.05) is 303 Å². The number of hydrogen-bond acceptors (Lipinski definition) is 2. The zero-order valence-electron chi connectivity index (χ0n) is 41.9. The van der Waals surface area contributed by atoms with E-state index in [9.17, 15) is 0 Å². The molecule has 0 atom stereocenters. The second-order valence-corrected chi connectivity index (χ2v) is 18.8. The van der Waals surface area contributed by atoms with Crippen LogP contribution in [-0.4, -0.2) is 9.97 Å².